The van der Waals surface area contributed by atoms with Gasteiger partial charge in [-0.15, -0.1) is 0 Å². The highest BCUT2D eigenvalue weighted by Crippen LogP contribution is 2.30. The van der Waals surface area contributed by atoms with Crippen LogP contribution >= 0.6 is 0 Å². The Morgan fingerprint density at radius 2 is 2.04 bits per heavy atom. The normalized spacial score (nSPS) is 19.2. The number of benzene rings is 1. The van der Waals surface area contributed by atoms with Crippen molar-refractivity contribution >= 4 is 23.4 Å². The van der Waals surface area contributed by atoms with Crippen LogP contribution in [0.3, 0.4) is 0 Å². The predicted octanol–water partition coefficient (Wildman–Crippen LogP) is 1.47. The van der Waals surface area contributed by atoms with Gasteiger partial charge < -0.3 is 4.90 Å². The fraction of sp³-hybridized carbons (Fsp3) is 0.250. The van der Waals surface area contributed by atoms with E-state index in [0.717, 1.165) is 28.0 Å². The summed E-state index contributed by atoms with van der Waals surface area (Å²) in [6, 6.07) is 6.88. The Labute approximate surface area is 160 Å². The van der Waals surface area contributed by atoms with Crippen LogP contribution < -0.4 is 5.32 Å². The van der Waals surface area contributed by atoms with Crippen molar-refractivity contribution in [1.29, 1.82) is 0 Å². The first-order valence-corrected chi connectivity index (χ1v) is 9.10. The van der Waals surface area contributed by atoms with Gasteiger partial charge in [0.1, 0.15) is 6.04 Å². The van der Waals surface area contributed by atoms with E-state index >= 15 is 0 Å². The lowest BCUT2D eigenvalue weighted by atomic mass is 10.0. The number of nitrogens with one attached hydrogen (secondary N) is 1. The van der Waals surface area contributed by atoms with Gasteiger partial charge in [-0.1, -0.05) is 6.07 Å². The van der Waals surface area contributed by atoms with Gasteiger partial charge in [-0.3, -0.25) is 19.7 Å². The number of rotatable bonds is 2. The SMILES string of the molecule is Cc1cnn2ccc(-c3ccc4c(c3)CN([C@H]3CCC(=O)NC3=O)C4=O)nc12. The molecule has 1 atom stereocenters. The van der Waals surface area contributed by atoms with E-state index in [9.17, 15) is 14.4 Å². The molecule has 0 radical (unpaired) electrons. The van der Waals surface area contributed by atoms with Crippen molar-refractivity contribution in [2.45, 2.75) is 32.4 Å². The minimum atomic E-state index is -0.607. The van der Waals surface area contributed by atoms with Crippen molar-refractivity contribution < 1.29 is 14.4 Å². The largest absolute Gasteiger partial charge is 0.322 e. The van der Waals surface area contributed by atoms with Crippen LogP contribution in [0.4, 0.5) is 0 Å². The van der Waals surface area contributed by atoms with Gasteiger partial charge in [0, 0.05) is 35.9 Å². The molecular weight excluding hydrogens is 358 g/mol. The van der Waals surface area contributed by atoms with E-state index in [1.165, 1.54) is 0 Å². The van der Waals surface area contributed by atoms with Crippen LogP contribution in [0.15, 0.2) is 36.7 Å². The maximum absolute atomic E-state index is 12.8. The summed E-state index contributed by atoms with van der Waals surface area (Å²) in [7, 11) is 0. The molecule has 0 unspecified atom stereocenters. The van der Waals surface area contributed by atoms with Crippen LogP contribution in [0.5, 0.6) is 0 Å². The molecule has 2 aliphatic heterocycles. The molecule has 2 aromatic heterocycles. The lowest BCUT2D eigenvalue weighted by Gasteiger charge is -2.29. The zero-order valence-corrected chi connectivity index (χ0v) is 15.2. The summed E-state index contributed by atoms with van der Waals surface area (Å²) in [6.45, 7) is 2.31. The Morgan fingerprint density at radius 3 is 2.86 bits per heavy atom. The average Bonchev–Trinajstić information content (AvgIpc) is 3.21. The number of carbonyl (C=O) groups excluding carboxylic acids is 3. The van der Waals surface area contributed by atoms with Gasteiger partial charge in [-0.25, -0.2) is 9.50 Å². The number of hydrogen-bond donors (Lipinski definition) is 1. The van der Waals surface area contributed by atoms with Crippen molar-refractivity contribution in [2.24, 2.45) is 0 Å². The van der Waals surface area contributed by atoms with Crippen molar-refractivity contribution in [3.05, 3.63) is 53.3 Å². The maximum Gasteiger partial charge on any atom is 0.255 e. The van der Waals surface area contributed by atoms with Crippen LogP contribution in [-0.4, -0.2) is 43.3 Å². The minimum Gasteiger partial charge on any atom is -0.322 e. The van der Waals surface area contributed by atoms with Crippen molar-refractivity contribution in [2.75, 3.05) is 0 Å². The molecule has 0 aliphatic carbocycles. The molecule has 28 heavy (non-hydrogen) atoms. The summed E-state index contributed by atoms with van der Waals surface area (Å²) >= 11 is 0. The zero-order valence-electron chi connectivity index (χ0n) is 15.2. The lowest BCUT2D eigenvalue weighted by Crippen LogP contribution is -2.52. The van der Waals surface area contributed by atoms with Crippen molar-refractivity contribution in [1.82, 2.24) is 24.8 Å². The first-order valence-electron chi connectivity index (χ1n) is 9.10. The number of imide groups is 1. The third-order valence-corrected chi connectivity index (χ3v) is 5.36. The Morgan fingerprint density at radius 1 is 1.18 bits per heavy atom. The van der Waals surface area contributed by atoms with Gasteiger partial charge in [-0.05, 0) is 37.1 Å². The molecule has 140 valence electrons. The van der Waals surface area contributed by atoms with E-state index in [0.29, 0.717) is 18.5 Å². The number of fused-ring (bicyclic) bond motifs is 2. The molecule has 2 aliphatic rings. The third-order valence-electron chi connectivity index (χ3n) is 5.36. The zero-order chi connectivity index (χ0) is 19.4. The minimum absolute atomic E-state index is 0.175. The molecule has 0 spiro atoms. The number of hydrogen-bond acceptors (Lipinski definition) is 5. The second kappa shape index (κ2) is 5.98. The van der Waals surface area contributed by atoms with Crippen LogP contribution in [0.2, 0.25) is 0 Å². The Bertz CT molecular complexity index is 1170. The van der Waals surface area contributed by atoms with Gasteiger partial charge in [0.25, 0.3) is 5.91 Å². The molecule has 8 nitrogen and oxygen atoms in total. The predicted molar refractivity (Wildman–Crippen MR) is 99.2 cm³/mol. The molecule has 1 saturated heterocycles. The Balaban J connectivity index is 1.47. The average molecular weight is 375 g/mol. The Hall–Kier alpha value is -3.55. The molecule has 4 heterocycles. The van der Waals surface area contributed by atoms with E-state index in [1.807, 2.05) is 31.3 Å². The fourth-order valence-corrected chi connectivity index (χ4v) is 3.88. The number of aromatic nitrogens is 3. The van der Waals surface area contributed by atoms with Gasteiger partial charge in [0.15, 0.2) is 5.65 Å². The molecule has 3 amide bonds. The lowest BCUT2D eigenvalue weighted by molar-refractivity contribution is -0.136. The van der Waals surface area contributed by atoms with Gasteiger partial charge in [0.2, 0.25) is 11.8 Å². The second-order valence-corrected chi connectivity index (χ2v) is 7.18. The number of aryl methyl sites for hydroxylation is 1. The molecule has 8 heteroatoms. The van der Waals surface area contributed by atoms with Crippen molar-refractivity contribution in [3.63, 3.8) is 0 Å². The highest BCUT2D eigenvalue weighted by atomic mass is 16.2. The monoisotopic (exact) mass is 375 g/mol. The van der Waals surface area contributed by atoms with E-state index in [1.54, 1.807) is 21.7 Å². The summed E-state index contributed by atoms with van der Waals surface area (Å²) in [5.41, 5.74) is 4.93. The van der Waals surface area contributed by atoms with Crippen LogP contribution in [0, 0.1) is 6.92 Å². The summed E-state index contributed by atoms with van der Waals surface area (Å²) < 4.78 is 1.72. The second-order valence-electron chi connectivity index (χ2n) is 7.18. The Kier molecular flexibility index (Phi) is 3.55. The highest BCUT2D eigenvalue weighted by molar-refractivity contribution is 6.05. The molecule has 0 saturated carbocycles. The van der Waals surface area contributed by atoms with Gasteiger partial charge in [-0.2, -0.15) is 5.10 Å². The van der Waals surface area contributed by atoms with Crippen molar-refractivity contribution in [3.8, 4) is 11.3 Å². The number of carbonyl (C=O) groups is 3. The first kappa shape index (κ1) is 16.6. The summed E-state index contributed by atoms with van der Waals surface area (Å²) in [5, 5.41) is 6.56. The molecule has 1 fully saturated rings. The van der Waals surface area contributed by atoms with Crippen LogP contribution in [-0.2, 0) is 16.1 Å². The number of nitrogens with zero attached hydrogens (tertiary/aromatic N) is 4. The molecule has 1 aromatic carbocycles. The highest BCUT2D eigenvalue weighted by Gasteiger charge is 2.39. The van der Waals surface area contributed by atoms with Crippen LogP contribution in [0.1, 0.15) is 34.3 Å². The summed E-state index contributed by atoms with van der Waals surface area (Å²) in [6.07, 6.45) is 4.23. The van der Waals surface area contributed by atoms with Gasteiger partial charge in [0.05, 0.1) is 11.9 Å². The maximum atomic E-state index is 12.8. The summed E-state index contributed by atoms with van der Waals surface area (Å²) in [5.74, 6) is -0.864. The standard InChI is InChI=1S/C20H17N5O3/c1-11-9-21-25-7-6-15(22-18(11)25)12-2-3-14-13(8-12)10-24(20(14)28)16-4-5-17(26)23-19(16)27/h2-3,6-9,16H,4-5,10H2,1H3,(H,23,26,27)/t16-/m0/s1. The fourth-order valence-electron chi connectivity index (χ4n) is 3.88. The summed E-state index contributed by atoms with van der Waals surface area (Å²) in [4.78, 5) is 42.6. The van der Waals surface area contributed by atoms with E-state index in [-0.39, 0.29) is 18.2 Å². The number of amides is 3. The quantitative estimate of drug-likeness (QED) is 0.684. The molecule has 5 rings (SSSR count). The number of piperidine rings is 1. The van der Waals surface area contributed by atoms with E-state index in [4.69, 9.17) is 0 Å². The van der Waals surface area contributed by atoms with E-state index in [2.05, 4.69) is 15.4 Å². The molecule has 3 aromatic rings. The first-order chi connectivity index (χ1) is 13.5. The molecular formula is C20H17N5O3. The smallest absolute Gasteiger partial charge is 0.255 e. The molecule has 0 bridgehead atoms. The van der Waals surface area contributed by atoms with Gasteiger partial charge >= 0.3 is 0 Å². The van der Waals surface area contributed by atoms with Crippen LogP contribution in [0.25, 0.3) is 16.9 Å². The molecule has 1 N–H and O–H groups in total. The third kappa shape index (κ3) is 2.49. The van der Waals surface area contributed by atoms with E-state index < -0.39 is 11.9 Å². The topological polar surface area (TPSA) is 96.7 Å².